The third-order valence-corrected chi connectivity index (χ3v) is 5.31. The van der Waals surface area contributed by atoms with Crippen LogP contribution < -0.4 is 4.74 Å². The summed E-state index contributed by atoms with van der Waals surface area (Å²) in [4.78, 5) is 13.8. The van der Waals surface area contributed by atoms with Crippen LogP contribution in [0.1, 0.15) is 36.9 Å². The number of ether oxygens (including phenoxy) is 1. The molecule has 1 saturated heterocycles. The molecule has 2 unspecified atom stereocenters. The van der Waals surface area contributed by atoms with Crippen LogP contribution in [0.15, 0.2) is 53.0 Å². The van der Waals surface area contributed by atoms with Gasteiger partial charge in [-0.2, -0.15) is 0 Å². The lowest BCUT2D eigenvalue weighted by Crippen LogP contribution is -2.41. The molecule has 0 amide bonds. The molecule has 138 valence electrons. The van der Waals surface area contributed by atoms with Crippen molar-refractivity contribution in [2.75, 3.05) is 19.7 Å². The molecule has 1 heterocycles. The fourth-order valence-electron chi connectivity index (χ4n) is 3.67. The van der Waals surface area contributed by atoms with E-state index < -0.39 is 5.97 Å². The molecule has 2 aromatic carbocycles. The first-order valence-corrected chi connectivity index (χ1v) is 9.83. The van der Waals surface area contributed by atoms with E-state index in [-0.39, 0.29) is 12.0 Å². The predicted octanol–water partition coefficient (Wildman–Crippen LogP) is 4.73. The molecule has 1 fully saturated rings. The third kappa shape index (κ3) is 4.46. The van der Waals surface area contributed by atoms with Crippen molar-refractivity contribution < 1.29 is 14.6 Å². The highest BCUT2D eigenvalue weighted by molar-refractivity contribution is 9.10. The first-order valence-electron chi connectivity index (χ1n) is 9.03. The highest BCUT2D eigenvalue weighted by atomic mass is 79.9. The standard InChI is InChI=1S/C21H24BrNO3/c1-2-26-19-10-4-7-16(13-19)20(15-6-3-9-18(22)12-15)23-11-5-8-17(14-23)21(24)25/h3-4,6-7,9-10,12-13,17,20H,2,5,8,11,14H2,1H3,(H,24,25). The van der Waals surface area contributed by atoms with Crippen molar-refractivity contribution in [2.45, 2.75) is 25.8 Å². The van der Waals surface area contributed by atoms with Gasteiger partial charge < -0.3 is 9.84 Å². The molecule has 1 aliphatic rings. The zero-order valence-corrected chi connectivity index (χ0v) is 16.5. The van der Waals surface area contributed by atoms with Gasteiger partial charge in [0.15, 0.2) is 0 Å². The number of benzene rings is 2. The minimum atomic E-state index is -0.703. The van der Waals surface area contributed by atoms with Gasteiger partial charge in [0.25, 0.3) is 0 Å². The number of halogens is 1. The van der Waals surface area contributed by atoms with Gasteiger partial charge in [-0.3, -0.25) is 9.69 Å². The normalized spacial score (nSPS) is 19.1. The van der Waals surface area contributed by atoms with Crippen molar-refractivity contribution in [3.8, 4) is 5.75 Å². The largest absolute Gasteiger partial charge is 0.494 e. The van der Waals surface area contributed by atoms with Crippen LogP contribution >= 0.6 is 15.9 Å². The summed E-state index contributed by atoms with van der Waals surface area (Å²) in [7, 11) is 0. The molecular formula is C21H24BrNO3. The van der Waals surface area contributed by atoms with E-state index in [0.717, 1.165) is 40.7 Å². The highest BCUT2D eigenvalue weighted by Crippen LogP contribution is 2.35. The molecule has 5 heteroatoms. The summed E-state index contributed by atoms with van der Waals surface area (Å²) in [5, 5.41) is 9.48. The first-order chi connectivity index (χ1) is 12.6. The zero-order valence-electron chi connectivity index (χ0n) is 14.9. The van der Waals surface area contributed by atoms with E-state index in [1.165, 1.54) is 0 Å². The minimum Gasteiger partial charge on any atom is -0.494 e. The molecule has 0 aliphatic carbocycles. The van der Waals surface area contributed by atoms with Crippen LogP contribution in [-0.2, 0) is 4.79 Å². The molecule has 1 aliphatic heterocycles. The lowest BCUT2D eigenvalue weighted by molar-refractivity contribution is -0.143. The van der Waals surface area contributed by atoms with Crippen molar-refractivity contribution in [3.05, 3.63) is 64.1 Å². The first kappa shape index (κ1) is 18.9. The van der Waals surface area contributed by atoms with Gasteiger partial charge in [-0.15, -0.1) is 0 Å². The molecule has 2 aromatic rings. The number of likely N-dealkylation sites (tertiary alicyclic amines) is 1. The van der Waals surface area contributed by atoms with Crippen LogP contribution in [0.25, 0.3) is 0 Å². The summed E-state index contributed by atoms with van der Waals surface area (Å²) in [5.41, 5.74) is 2.28. The van der Waals surface area contributed by atoms with E-state index in [1.807, 2.05) is 31.2 Å². The lowest BCUT2D eigenvalue weighted by atomic mass is 9.91. The maximum absolute atomic E-state index is 11.5. The molecule has 0 spiro atoms. The number of hydrogen-bond acceptors (Lipinski definition) is 3. The molecule has 1 N–H and O–H groups in total. The molecule has 3 rings (SSSR count). The van der Waals surface area contributed by atoms with Crippen molar-refractivity contribution in [1.82, 2.24) is 4.90 Å². The Morgan fingerprint density at radius 3 is 2.69 bits per heavy atom. The van der Waals surface area contributed by atoms with E-state index in [9.17, 15) is 9.90 Å². The van der Waals surface area contributed by atoms with Gasteiger partial charge in [-0.1, -0.05) is 40.2 Å². The van der Waals surface area contributed by atoms with Gasteiger partial charge in [0.05, 0.1) is 18.6 Å². The molecule has 0 bridgehead atoms. The number of nitrogens with zero attached hydrogens (tertiary/aromatic N) is 1. The quantitative estimate of drug-likeness (QED) is 0.737. The van der Waals surface area contributed by atoms with Crippen molar-refractivity contribution in [2.24, 2.45) is 5.92 Å². The van der Waals surface area contributed by atoms with Gasteiger partial charge >= 0.3 is 5.97 Å². The average Bonchev–Trinajstić information content (AvgIpc) is 2.63. The van der Waals surface area contributed by atoms with Crippen molar-refractivity contribution >= 4 is 21.9 Å². The second-order valence-corrected chi connectivity index (χ2v) is 7.55. The fraction of sp³-hybridized carbons (Fsp3) is 0.381. The van der Waals surface area contributed by atoms with Crippen LogP contribution in [0.5, 0.6) is 5.75 Å². The second kappa shape index (κ2) is 8.69. The summed E-state index contributed by atoms with van der Waals surface area (Å²) in [6.45, 7) is 4.04. The van der Waals surface area contributed by atoms with Gasteiger partial charge in [-0.05, 0) is 61.7 Å². The van der Waals surface area contributed by atoms with Gasteiger partial charge in [0.2, 0.25) is 0 Å². The molecule has 0 saturated carbocycles. The highest BCUT2D eigenvalue weighted by Gasteiger charge is 2.31. The maximum atomic E-state index is 11.5. The number of carbonyl (C=O) groups is 1. The smallest absolute Gasteiger partial charge is 0.307 e. The maximum Gasteiger partial charge on any atom is 0.307 e. The number of aliphatic carboxylic acids is 1. The number of carboxylic acid groups (broad SMARTS) is 1. The molecule has 0 aromatic heterocycles. The monoisotopic (exact) mass is 417 g/mol. The van der Waals surface area contributed by atoms with Crippen molar-refractivity contribution in [3.63, 3.8) is 0 Å². The molecule has 4 nitrogen and oxygen atoms in total. The molecular weight excluding hydrogens is 394 g/mol. The van der Waals surface area contributed by atoms with E-state index in [2.05, 4.69) is 45.1 Å². The summed E-state index contributed by atoms with van der Waals surface area (Å²) >= 11 is 3.56. The Morgan fingerprint density at radius 1 is 1.27 bits per heavy atom. The van der Waals surface area contributed by atoms with Crippen LogP contribution in [0.3, 0.4) is 0 Å². The van der Waals surface area contributed by atoms with Gasteiger partial charge in [-0.25, -0.2) is 0 Å². The van der Waals surface area contributed by atoms with Crippen LogP contribution in [0.4, 0.5) is 0 Å². The van der Waals surface area contributed by atoms with Crippen LogP contribution in [0.2, 0.25) is 0 Å². The van der Waals surface area contributed by atoms with Gasteiger partial charge in [0, 0.05) is 11.0 Å². The summed E-state index contributed by atoms with van der Waals surface area (Å²) in [5.74, 6) is -0.170. The number of hydrogen-bond donors (Lipinski definition) is 1. The van der Waals surface area contributed by atoms with E-state index >= 15 is 0 Å². The zero-order chi connectivity index (χ0) is 18.5. The topological polar surface area (TPSA) is 49.8 Å². The Kier molecular flexibility index (Phi) is 6.33. The average molecular weight is 418 g/mol. The SMILES string of the molecule is CCOc1cccc(C(c2cccc(Br)c2)N2CCCC(C(=O)O)C2)c1. The minimum absolute atomic E-state index is 0.00931. The Labute approximate surface area is 162 Å². The number of carboxylic acids is 1. The van der Waals surface area contributed by atoms with Crippen LogP contribution in [-0.4, -0.2) is 35.7 Å². The Hall–Kier alpha value is -1.85. The van der Waals surface area contributed by atoms with Crippen LogP contribution in [0, 0.1) is 5.92 Å². The van der Waals surface area contributed by atoms with E-state index in [4.69, 9.17) is 4.74 Å². The Bertz CT molecular complexity index is 764. The third-order valence-electron chi connectivity index (χ3n) is 4.82. The Balaban J connectivity index is 1.99. The van der Waals surface area contributed by atoms with Crippen molar-refractivity contribution in [1.29, 1.82) is 0 Å². The summed E-state index contributed by atoms with van der Waals surface area (Å²) < 4.78 is 6.70. The second-order valence-electron chi connectivity index (χ2n) is 6.64. The lowest BCUT2D eigenvalue weighted by Gasteiger charge is -2.37. The Morgan fingerprint density at radius 2 is 2.00 bits per heavy atom. The molecule has 0 radical (unpaired) electrons. The van der Waals surface area contributed by atoms with E-state index in [1.54, 1.807) is 0 Å². The summed E-state index contributed by atoms with van der Waals surface area (Å²) in [6, 6.07) is 16.4. The summed E-state index contributed by atoms with van der Waals surface area (Å²) in [6.07, 6.45) is 1.64. The molecule has 26 heavy (non-hydrogen) atoms. The fourth-order valence-corrected chi connectivity index (χ4v) is 4.09. The predicted molar refractivity (Wildman–Crippen MR) is 106 cm³/mol. The van der Waals surface area contributed by atoms with E-state index in [0.29, 0.717) is 13.2 Å². The van der Waals surface area contributed by atoms with Gasteiger partial charge in [0.1, 0.15) is 5.75 Å². The number of piperidine rings is 1. The number of rotatable bonds is 6. The molecule has 2 atom stereocenters.